The van der Waals surface area contributed by atoms with Crippen molar-refractivity contribution >= 4 is 44.0 Å². The lowest BCUT2D eigenvalue weighted by atomic mass is 10.1. The summed E-state index contributed by atoms with van der Waals surface area (Å²) in [5, 5.41) is 3.71. The molecule has 0 saturated carbocycles. The Morgan fingerprint density at radius 1 is 1.07 bits per heavy atom. The summed E-state index contributed by atoms with van der Waals surface area (Å²) < 4.78 is 33.7. The molecule has 1 aliphatic rings. The normalized spacial score (nSPS) is 12.7. The van der Waals surface area contributed by atoms with E-state index in [9.17, 15) is 18.0 Å². The molecule has 0 fully saturated rings. The van der Waals surface area contributed by atoms with E-state index in [0.29, 0.717) is 22.0 Å². The second-order valence-corrected chi connectivity index (χ2v) is 7.82. The van der Waals surface area contributed by atoms with Gasteiger partial charge in [0.1, 0.15) is 0 Å². The highest BCUT2D eigenvalue weighted by molar-refractivity contribution is 7.93. The second-order valence-electron chi connectivity index (χ2n) is 6.17. The number of sulfonamides is 1. The summed E-state index contributed by atoms with van der Waals surface area (Å²) in [6.45, 7) is 1.85. The molecule has 3 aromatic carbocycles. The molecule has 1 heterocycles. The third-order valence-electron chi connectivity index (χ3n) is 4.45. The smallest absolute Gasteiger partial charge is 0.340 e. The average molecular weight is 396 g/mol. The van der Waals surface area contributed by atoms with Crippen LogP contribution in [0.3, 0.4) is 0 Å². The highest BCUT2D eigenvalue weighted by atomic mass is 32.2. The quantitative estimate of drug-likeness (QED) is 0.644. The van der Waals surface area contributed by atoms with Gasteiger partial charge in [-0.15, -0.1) is 0 Å². The lowest BCUT2D eigenvalue weighted by Crippen LogP contribution is -2.17. The van der Waals surface area contributed by atoms with E-state index in [4.69, 9.17) is 4.74 Å². The molecule has 0 atom stereocenters. The van der Waals surface area contributed by atoms with Crippen molar-refractivity contribution in [2.45, 2.75) is 11.8 Å². The number of hydrogen-bond acceptors (Lipinski definition) is 5. The molecule has 142 valence electrons. The van der Waals surface area contributed by atoms with Crippen LogP contribution in [0, 0.1) is 0 Å². The van der Waals surface area contributed by atoms with Gasteiger partial charge in [-0.25, -0.2) is 13.2 Å². The number of rotatable bonds is 5. The van der Waals surface area contributed by atoms with Crippen LogP contribution in [0.1, 0.15) is 27.6 Å². The van der Waals surface area contributed by atoms with Crippen LogP contribution < -0.4 is 10.0 Å². The standard InChI is InChI=1S/C20H16N2O5S/c1-2-27-20(24)12-6-3-4-9-15(12)22-28(25,26)17-11-10-16-18-13(17)7-5-8-14(18)19(23)21-16/h3-11,22H,2H2,1H3,(H,21,23). The highest BCUT2D eigenvalue weighted by Crippen LogP contribution is 2.37. The number of anilines is 2. The molecule has 3 aromatic rings. The summed E-state index contributed by atoms with van der Waals surface area (Å²) >= 11 is 0. The Morgan fingerprint density at radius 2 is 1.86 bits per heavy atom. The van der Waals surface area contributed by atoms with Crippen molar-refractivity contribution < 1.29 is 22.7 Å². The van der Waals surface area contributed by atoms with Crippen LogP contribution in [0.25, 0.3) is 10.8 Å². The minimum Gasteiger partial charge on any atom is -0.462 e. The van der Waals surface area contributed by atoms with Gasteiger partial charge in [0.2, 0.25) is 0 Å². The monoisotopic (exact) mass is 396 g/mol. The van der Waals surface area contributed by atoms with Crippen LogP contribution in [0.15, 0.2) is 59.5 Å². The van der Waals surface area contributed by atoms with E-state index >= 15 is 0 Å². The van der Waals surface area contributed by atoms with Crippen molar-refractivity contribution in [2.75, 3.05) is 16.6 Å². The molecule has 4 rings (SSSR count). The molecule has 28 heavy (non-hydrogen) atoms. The number of hydrogen-bond donors (Lipinski definition) is 2. The Hall–Kier alpha value is -3.39. The Kier molecular flexibility index (Phi) is 4.27. The van der Waals surface area contributed by atoms with Gasteiger partial charge in [0.05, 0.1) is 22.8 Å². The summed E-state index contributed by atoms with van der Waals surface area (Å²) in [6, 6.07) is 14.2. The largest absolute Gasteiger partial charge is 0.462 e. The van der Waals surface area contributed by atoms with Crippen molar-refractivity contribution in [1.29, 1.82) is 0 Å². The second kappa shape index (κ2) is 6.65. The molecule has 0 unspecified atom stereocenters. The molecule has 1 amide bonds. The van der Waals surface area contributed by atoms with Crippen LogP contribution in [-0.2, 0) is 14.8 Å². The molecule has 0 spiro atoms. The van der Waals surface area contributed by atoms with Gasteiger partial charge in [-0.1, -0.05) is 24.3 Å². The maximum atomic E-state index is 13.1. The van der Waals surface area contributed by atoms with E-state index in [1.54, 1.807) is 43.3 Å². The molecule has 0 bridgehead atoms. The molecule has 0 saturated heterocycles. The number of amides is 1. The summed E-state index contributed by atoms with van der Waals surface area (Å²) in [4.78, 5) is 24.2. The lowest BCUT2D eigenvalue weighted by molar-refractivity contribution is 0.0527. The first kappa shape index (κ1) is 18.0. The molecular weight excluding hydrogens is 380 g/mol. The van der Waals surface area contributed by atoms with Gasteiger partial charge < -0.3 is 10.1 Å². The van der Waals surface area contributed by atoms with Gasteiger partial charge >= 0.3 is 5.97 Å². The summed E-state index contributed by atoms with van der Waals surface area (Å²) in [5.41, 5.74) is 1.24. The number of para-hydroxylation sites is 1. The van der Waals surface area contributed by atoms with Crippen molar-refractivity contribution in [1.82, 2.24) is 0 Å². The van der Waals surface area contributed by atoms with Crippen LogP contribution in [0.5, 0.6) is 0 Å². The number of esters is 1. The molecule has 0 aromatic heterocycles. The molecular formula is C20H16N2O5S. The summed E-state index contributed by atoms with van der Waals surface area (Å²) in [6.07, 6.45) is 0. The fraction of sp³-hybridized carbons (Fsp3) is 0.100. The predicted octanol–water partition coefficient (Wildman–Crippen LogP) is 3.38. The average Bonchev–Trinajstić information content (AvgIpc) is 3.00. The third-order valence-corrected chi connectivity index (χ3v) is 5.87. The summed E-state index contributed by atoms with van der Waals surface area (Å²) in [5.74, 6) is -0.883. The first-order valence-corrected chi connectivity index (χ1v) is 10.1. The van der Waals surface area contributed by atoms with Gasteiger partial charge in [-0.05, 0) is 37.3 Å². The van der Waals surface area contributed by atoms with Gasteiger partial charge in [0.15, 0.2) is 0 Å². The topological polar surface area (TPSA) is 102 Å². The van der Waals surface area contributed by atoms with Crippen molar-refractivity contribution in [2.24, 2.45) is 0 Å². The first-order chi connectivity index (χ1) is 13.4. The van der Waals surface area contributed by atoms with Crippen LogP contribution >= 0.6 is 0 Å². The minimum atomic E-state index is -4.03. The number of nitrogens with one attached hydrogen (secondary N) is 2. The minimum absolute atomic E-state index is 0.0169. The van der Waals surface area contributed by atoms with Crippen molar-refractivity contribution in [3.05, 3.63) is 65.7 Å². The fourth-order valence-electron chi connectivity index (χ4n) is 3.26. The Bertz CT molecular complexity index is 1230. The van der Waals surface area contributed by atoms with Crippen LogP contribution in [0.2, 0.25) is 0 Å². The van der Waals surface area contributed by atoms with Crippen LogP contribution in [0.4, 0.5) is 11.4 Å². The SMILES string of the molecule is CCOC(=O)c1ccccc1NS(=O)(=O)c1ccc2c3c(cccc13)C(=O)N2. The van der Waals surface area contributed by atoms with E-state index in [1.165, 1.54) is 18.2 Å². The van der Waals surface area contributed by atoms with Gasteiger partial charge in [0.25, 0.3) is 15.9 Å². The molecule has 1 aliphatic heterocycles. The summed E-state index contributed by atoms with van der Waals surface area (Å²) in [7, 11) is -4.03. The number of carbonyl (C=O) groups excluding carboxylic acids is 2. The maximum absolute atomic E-state index is 13.1. The third kappa shape index (κ3) is 2.87. The lowest BCUT2D eigenvalue weighted by Gasteiger charge is -2.14. The number of ether oxygens (including phenoxy) is 1. The predicted molar refractivity (Wildman–Crippen MR) is 105 cm³/mol. The number of benzene rings is 3. The molecule has 0 aliphatic carbocycles. The van der Waals surface area contributed by atoms with Crippen molar-refractivity contribution in [3.63, 3.8) is 0 Å². The molecule has 2 N–H and O–H groups in total. The van der Waals surface area contributed by atoms with E-state index in [0.717, 1.165) is 0 Å². The molecule has 7 nitrogen and oxygen atoms in total. The highest BCUT2D eigenvalue weighted by Gasteiger charge is 2.27. The zero-order valence-electron chi connectivity index (χ0n) is 14.9. The van der Waals surface area contributed by atoms with Gasteiger partial charge in [-0.2, -0.15) is 0 Å². The van der Waals surface area contributed by atoms with Crippen LogP contribution in [-0.4, -0.2) is 26.9 Å². The maximum Gasteiger partial charge on any atom is 0.340 e. The Labute approximate surface area is 161 Å². The Morgan fingerprint density at radius 3 is 2.64 bits per heavy atom. The Balaban J connectivity index is 1.81. The molecule has 8 heteroatoms. The van der Waals surface area contributed by atoms with E-state index in [1.807, 2.05) is 0 Å². The first-order valence-electron chi connectivity index (χ1n) is 8.58. The van der Waals surface area contributed by atoms with E-state index in [2.05, 4.69) is 10.0 Å². The fourth-order valence-corrected chi connectivity index (χ4v) is 4.54. The zero-order valence-corrected chi connectivity index (χ0v) is 15.7. The van der Waals surface area contributed by atoms with Gasteiger partial charge in [-0.3, -0.25) is 9.52 Å². The van der Waals surface area contributed by atoms with Gasteiger partial charge in [0, 0.05) is 22.0 Å². The van der Waals surface area contributed by atoms with Crippen molar-refractivity contribution in [3.8, 4) is 0 Å². The zero-order chi connectivity index (χ0) is 19.9. The molecule has 0 radical (unpaired) electrons. The number of carbonyl (C=O) groups is 2. The van der Waals surface area contributed by atoms with E-state index < -0.39 is 16.0 Å². The van der Waals surface area contributed by atoms with E-state index in [-0.39, 0.29) is 28.7 Å².